The van der Waals surface area contributed by atoms with E-state index in [1.165, 1.54) is 0 Å². The third kappa shape index (κ3) is 2.26. The lowest BCUT2D eigenvalue weighted by Crippen LogP contribution is -2.28. The Hall–Kier alpha value is -0.910. The van der Waals surface area contributed by atoms with Gasteiger partial charge in [-0.15, -0.1) is 0 Å². The number of rotatable bonds is 4. The molecule has 3 N–H and O–H groups in total. The first kappa shape index (κ1) is 11.6. The summed E-state index contributed by atoms with van der Waals surface area (Å²) in [6.07, 6.45) is 0.648. The van der Waals surface area contributed by atoms with E-state index in [9.17, 15) is 4.79 Å². The van der Waals surface area contributed by atoms with Crippen LogP contribution >= 0.6 is 15.9 Å². The molecule has 4 nitrogen and oxygen atoms in total. The molecule has 0 saturated heterocycles. The predicted molar refractivity (Wildman–Crippen MR) is 65.2 cm³/mol. The van der Waals surface area contributed by atoms with E-state index < -0.39 is 0 Å². The molecule has 86 valence electrons. The number of aliphatic hydroxyl groups excluding tert-OH is 1. The smallest absolute Gasteiger partial charge is 0.246 e. The first-order valence-corrected chi connectivity index (χ1v) is 5.96. The van der Waals surface area contributed by atoms with Gasteiger partial charge in [0.15, 0.2) is 0 Å². The summed E-state index contributed by atoms with van der Waals surface area (Å²) in [5, 5.41) is 14.6. The van der Waals surface area contributed by atoms with E-state index in [2.05, 4.69) is 26.6 Å². The molecule has 1 amide bonds. The van der Waals surface area contributed by atoms with E-state index in [1.807, 2.05) is 18.2 Å². The van der Waals surface area contributed by atoms with Gasteiger partial charge in [-0.2, -0.15) is 0 Å². The first-order valence-electron chi connectivity index (χ1n) is 5.17. The summed E-state index contributed by atoms with van der Waals surface area (Å²) < 4.78 is 0.947. The van der Waals surface area contributed by atoms with Crippen LogP contribution in [0.2, 0.25) is 0 Å². The van der Waals surface area contributed by atoms with Gasteiger partial charge in [-0.1, -0.05) is 22.0 Å². The van der Waals surface area contributed by atoms with Crippen molar-refractivity contribution in [1.29, 1.82) is 0 Å². The lowest BCUT2D eigenvalue weighted by atomic mass is 10.1. The highest BCUT2D eigenvalue weighted by molar-refractivity contribution is 9.10. The molecule has 1 aliphatic heterocycles. The highest BCUT2D eigenvalue weighted by atomic mass is 79.9. The molecule has 1 aliphatic rings. The second kappa shape index (κ2) is 4.95. The van der Waals surface area contributed by atoms with Crippen LogP contribution in [-0.4, -0.2) is 24.2 Å². The molecule has 0 fully saturated rings. The topological polar surface area (TPSA) is 61.4 Å². The van der Waals surface area contributed by atoms with E-state index in [-0.39, 0.29) is 18.6 Å². The van der Waals surface area contributed by atoms with Crippen LogP contribution in [0.15, 0.2) is 22.7 Å². The van der Waals surface area contributed by atoms with Crippen molar-refractivity contribution >= 4 is 27.5 Å². The van der Waals surface area contributed by atoms with E-state index >= 15 is 0 Å². The van der Waals surface area contributed by atoms with Gasteiger partial charge in [0.05, 0.1) is 0 Å². The molecule has 0 aromatic heterocycles. The van der Waals surface area contributed by atoms with Crippen LogP contribution in [0.1, 0.15) is 18.0 Å². The van der Waals surface area contributed by atoms with Gasteiger partial charge >= 0.3 is 0 Å². The SMILES string of the molecule is O=C1Nc2cc(Br)ccc2C1NCCCO. The Morgan fingerprint density at radius 2 is 2.31 bits per heavy atom. The van der Waals surface area contributed by atoms with Crippen molar-refractivity contribution in [2.75, 3.05) is 18.5 Å². The Bertz CT molecular complexity index is 409. The van der Waals surface area contributed by atoms with E-state index in [0.29, 0.717) is 13.0 Å². The zero-order chi connectivity index (χ0) is 11.5. The molecule has 2 rings (SSSR count). The highest BCUT2D eigenvalue weighted by Crippen LogP contribution is 2.32. The molecule has 1 unspecified atom stereocenters. The Balaban J connectivity index is 2.13. The third-order valence-electron chi connectivity index (χ3n) is 2.53. The van der Waals surface area contributed by atoms with Gasteiger partial charge in [0.25, 0.3) is 0 Å². The van der Waals surface area contributed by atoms with Gasteiger partial charge in [0.2, 0.25) is 5.91 Å². The Labute approximate surface area is 102 Å². The number of benzene rings is 1. The molecule has 1 atom stereocenters. The normalized spacial score (nSPS) is 18.4. The lowest BCUT2D eigenvalue weighted by molar-refractivity contribution is -0.117. The summed E-state index contributed by atoms with van der Waals surface area (Å²) in [4.78, 5) is 11.7. The molecule has 0 aliphatic carbocycles. The van der Waals surface area contributed by atoms with Gasteiger partial charge in [0.1, 0.15) is 6.04 Å². The maximum absolute atomic E-state index is 11.7. The average Bonchev–Trinajstić information content (AvgIpc) is 2.55. The van der Waals surface area contributed by atoms with Gasteiger partial charge in [-0.3, -0.25) is 4.79 Å². The molecular weight excluding hydrogens is 272 g/mol. The van der Waals surface area contributed by atoms with Crippen molar-refractivity contribution in [3.05, 3.63) is 28.2 Å². The molecule has 0 radical (unpaired) electrons. The van der Waals surface area contributed by atoms with Gasteiger partial charge in [-0.25, -0.2) is 0 Å². The fraction of sp³-hybridized carbons (Fsp3) is 0.364. The summed E-state index contributed by atoms with van der Waals surface area (Å²) in [6, 6.07) is 5.43. The van der Waals surface area contributed by atoms with Crippen molar-refractivity contribution in [1.82, 2.24) is 5.32 Å². The zero-order valence-electron chi connectivity index (χ0n) is 8.66. The predicted octanol–water partition coefficient (Wildman–Crippen LogP) is 1.41. The van der Waals surface area contributed by atoms with Crippen molar-refractivity contribution in [2.24, 2.45) is 0 Å². The Morgan fingerprint density at radius 1 is 1.50 bits per heavy atom. The molecule has 1 aromatic rings. The molecular formula is C11H13BrN2O2. The van der Waals surface area contributed by atoms with Crippen LogP contribution in [0.5, 0.6) is 0 Å². The Morgan fingerprint density at radius 3 is 3.06 bits per heavy atom. The largest absolute Gasteiger partial charge is 0.396 e. The number of hydrogen-bond donors (Lipinski definition) is 3. The van der Waals surface area contributed by atoms with Gasteiger partial charge < -0.3 is 15.7 Å². The number of anilines is 1. The number of amides is 1. The lowest BCUT2D eigenvalue weighted by Gasteiger charge is -2.10. The first-order chi connectivity index (χ1) is 7.72. The number of carbonyl (C=O) groups excluding carboxylic acids is 1. The van der Waals surface area contributed by atoms with E-state index in [1.54, 1.807) is 0 Å². The highest BCUT2D eigenvalue weighted by Gasteiger charge is 2.29. The van der Waals surface area contributed by atoms with Crippen LogP contribution < -0.4 is 10.6 Å². The number of carbonyl (C=O) groups is 1. The average molecular weight is 285 g/mol. The fourth-order valence-electron chi connectivity index (χ4n) is 1.76. The molecule has 16 heavy (non-hydrogen) atoms. The number of fused-ring (bicyclic) bond motifs is 1. The standard InChI is InChI=1S/C11H13BrN2O2/c12-7-2-3-8-9(6-7)14-11(16)10(8)13-4-1-5-15/h2-3,6,10,13,15H,1,4-5H2,(H,14,16). The maximum Gasteiger partial charge on any atom is 0.246 e. The molecule has 0 bridgehead atoms. The Kier molecular flexibility index (Phi) is 3.58. The summed E-state index contributed by atoms with van der Waals surface area (Å²) in [5.41, 5.74) is 1.81. The summed E-state index contributed by atoms with van der Waals surface area (Å²) in [6.45, 7) is 0.763. The minimum atomic E-state index is -0.297. The van der Waals surface area contributed by atoms with Crippen molar-refractivity contribution in [3.8, 4) is 0 Å². The molecule has 0 saturated carbocycles. The number of hydrogen-bond acceptors (Lipinski definition) is 3. The van der Waals surface area contributed by atoms with Crippen LogP contribution in [0.4, 0.5) is 5.69 Å². The number of halogens is 1. The van der Waals surface area contributed by atoms with Crippen molar-refractivity contribution in [2.45, 2.75) is 12.5 Å². The molecule has 0 spiro atoms. The van der Waals surface area contributed by atoms with Gasteiger partial charge in [0, 0.05) is 22.3 Å². The quantitative estimate of drug-likeness (QED) is 0.733. The molecule has 1 heterocycles. The van der Waals surface area contributed by atoms with Crippen molar-refractivity contribution in [3.63, 3.8) is 0 Å². The monoisotopic (exact) mass is 284 g/mol. The minimum Gasteiger partial charge on any atom is -0.396 e. The van der Waals surface area contributed by atoms with E-state index in [4.69, 9.17) is 5.11 Å². The summed E-state index contributed by atoms with van der Waals surface area (Å²) in [7, 11) is 0. The summed E-state index contributed by atoms with van der Waals surface area (Å²) >= 11 is 3.36. The number of nitrogens with one attached hydrogen (secondary N) is 2. The second-order valence-electron chi connectivity index (χ2n) is 3.69. The van der Waals surface area contributed by atoms with Crippen LogP contribution in [0.25, 0.3) is 0 Å². The third-order valence-corrected chi connectivity index (χ3v) is 3.02. The van der Waals surface area contributed by atoms with Crippen LogP contribution in [0.3, 0.4) is 0 Å². The maximum atomic E-state index is 11.7. The van der Waals surface area contributed by atoms with Crippen LogP contribution in [0, 0.1) is 0 Å². The molecule has 5 heteroatoms. The second-order valence-corrected chi connectivity index (χ2v) is 4.60. The molecule has 1 aromatic carbocycles. The minimum absolute atomic E-state index is 0.0361. The van der Waals surface area contributed by atoms with E-state index in [0.717, 1.165) is 15.7 Å². The zero-order valence-corrected chi connectivity index (χ0v) is 10.3. The van der Waals surface area contributed by atoms with Crippen molar-refractivity contribution < 1.29 is 9.90 Å². The van der Waals surface area contributed by atoms with Crippen LogP contribution in [-0.2, 0) is 4.79 Å². The van der Waals surface area contributed by atoms with Gasteiger partial charge in [-0.05, 0) is 25.1 Å². The number of aliphatic hydroxyl groups is 1. The summed E-state index contributed by atoms with van der Waals surface area (Å²) in [5.74, 6) is -0.0361. The fourth-order valence-corrected chi connectivity index (χ4v) is 2.12.